The smallest absolute Gasteiger partial charge is 0.178 e. The van der Waals surface area contributed by atoms with Gasteiger partial charge < -0.3 is 20.1 Å². The minimum absolute atomic E-state index is 0.112. The van der Waals surface area contributed by atoms with Gasteiger partial charge in [0.1, 0.15) is 5.75 Å². The van der Waals surface area contributed by atoms with Crippen LogP contribution in [-0.4, -0.2) is 28.0 Å². The molecule has 2 rings (SSSR count). The predicted octanol–water partition coefficient (Wildman–Crippen LogP) is 5.40. The molecule has 0 saturated heterocycles. The summed E-state index contributed by atoms with van der Waals surface area (Å²) in [6.45, 7) is 11.1. The molecule has 0 amide bonds. The highest BCUT2D eigenvalue weighted by Crippen LogP contribution is 2.34. The zero-order valence-corrected chi connectivity index (χ0v) is 19.5. The van der Waals surface area contributed by atoms with Crippen LogP contribution in [0.3, 0.4) is 0 Å². The van der Waals surface area contributed by atoms with Crippen molar-refractivity contribution in [2.75, 3.05) is 6.61 Å². The van der Waals surface area contributed by atoms with Gasteiger partial charge in [-0.05, 0) is 54.0 Å². The van der Waals surface area contributed by atoms with E-state index in [0.29, 0.717) is 17.9 Å². The van der Waals surface area contributed by atoms with Crippen molar-refractivity contribution < 1.29 is 20.1 Å². The lowest BCUT2D eigenvalue weighted by atomic mass is 9.75. The Bertz CT molecular complexity index is 833. The fourth-order valence-corrected chi connectivity index (χ4v) is 3.73. The largest absolute Gasteiger partial charge is 0.493 e. The summed E-state index contributed by atoms with van der Waals surface area (Å²) < 4.78 is 6.14. The van der Waals surface area contributed by atoms with Crippen molar-refractivity contribution in [3.8, 4) is 5.75 Å². The molecule has 0 aliphatic rings. The normalized spacial score (nSPS) is 13.4. The van der Waals surface area contributed by atoms with Crippen LogP contribution >= 0.6 is 0 Å². The molecule has 0 saturated carbocycles. The molecule has 0 aliphatic carbocycles. The number of aryl methyl sites for hydroxylation is 1. The lowest BCUT2D eigenvalue weighted by molar-refractivity contribution is -0.0425. The molecule has 0 spiro atoms. The molecule has 4 heteroatoms. The number of hydrogen-bond donors (Lipinski definition) is 3. The second-order valence-electron chi connectivity index (χ2n) is 8.58. The maximum absolute atomic E-state index is 10.1. The summed E-state index contributed by atoms with van der Waals surface area (Å²) in [6, 6.07) is 13.5. The van der Waals surface area contributed by atoms with Gasteiger partial charge in [-0.1, -0.05) is 77.1 Å². The van der Waals surface area contributed by atoms with Gasteiger partial charge in [0.15, 0.2) is 6.29 Å². The molecule has 170 valence electrons. The molecule has 1 atom stereocenters. The number of aliphatic hydroxyl groups excluding tert-OH is 2. The summed E-state index contributed by atoms with van der Waals surface area (Å²) in [5, 5.41) is 28.6. The molecule has 0 aliphatic heterocycles. The van der Waals surface area contributed by atoms with Crippen molar-refractivity contribution in [2.24, 2.45) is 5.92 Å². The van der Waals surface area contributed by atoms with Gasteiger partial charge in [0.05, 0.1) is 12.7 Å². The van der Waals surface area contributed by atoms with Crippen LogP contribution in [0.5, 0.6) is 5.75 Å². The summed E-state index contributed by atoms with van der Waals surface area (Å²) >= 11 is 0. The lowest BCUT2D eigenvalue weighted by Gasteiger charge is -2.33. The molecule has 0 radical (unpaired) electrons. The molecule has 2 aromatic carbocycles. The number of ether oxygens (including phenoxy) is 1. The topological polar surface area (TPSA) is 69.9 Å². The van der Waals surface area contributed by atoms with Crippen molar-refractivity contribution in [1.29, 1.82) is 0 Å². The van der Waals surface area contributed by atoms with Gasteiger partial charge in [-0.3, -0.25) is 0 Å². The van der Waals surface area contributed by atoms with E-state index in [1.165, 1.54) is 11.1 Å². The highest BCUT2D eigenvalue weighted by molar-refractivity contribution is 5.56. The summed E-state index contributed by atoms with van der Waals surface area (Å²) in [4.78, 5) is 0. The van der Waals surface area contributed by atoms with Gasteiger partial charge >= 0.3 is 0 Å². The van der Waals surface area contributed by atoms with Gasteiger partial charge in [0, 0.05) is 11.0 Å². The number of rotatable bonds is 11. The molecule has 1 unspecified atom stereocenters. The van der Waals surface area contributed by atoms with Gasteiger partial charge in [0.25, 0.3) is 0 Å². The average molecular weight is 427 g/mol. The third kappa shape index (κ3) is 6.42. The SMILES string of the molecule is CCc1cc(C(CC)(CC)COc2ccc(C(O)O)cc2)ccc1C=CC(O)C(C)C. The minimum Gasteiger partial charge on any atom is -0.493 e. The van der Waals surface area contributed by atoms with Crippen molar-refractivity contribution in [2.45, 2.75) is 71.7 Å². The summed E-state index contributed by atoms with van der Waals surface area (Å²) in [7, 11) is 0. The van der Waals surface area contributed by atoms with Crippen molar-refractivity contribution in [1.82, 2.24) is 0 Å². The average Bonchev–Trinajstić information content (AvgIpc) is 2.78. The van der Waals surface area contributed by atoms with E-state index in [9.17, 15) is 15.3 Å². The number of benzene rings is 2. The van der Waals surface area contributed by atoms with Crippen LogP contribution in [0.4, 0.5) is 0 Å². The first kappa shape index (κ1) is 25.1. The summed E-state index contributed by atoms with van der Waals surface area (Å²) in [5.41, 5.74) is 4.00. The van der Waals surface area contributed by atoms with Crippen molar-refractivity contribution >= 4 is 6.08 Å². The quantitative estimate of drug-likeness (QED) is 0.421. The standard InChI is InChI=1S/C27H38O4/c1-6-20-17-23(13-9-21(20)12-16-25(28)19(4)5)27(7-2,8-3)18-31-24-14-10-22(11-15-24)26(29)30/h9-17,19,25-26,28-30H,6-8,18H2,1-5H3. The molecule has 2 aromatic rings. The van der Waals surface area contributed by atoms with E-state index in [0.717, 1.165) is 24.8 Å². The van der Waals surface area contributed by atoms with Gasteiger partial charge in [-0.15, -0.1) is 0 Å². The number of aliphatic hydroxyl groups is 3. The zero-order valence-electron chi connectivity index (χ0n) is 19.5. The maximum Gasteiger partial charge on any atom is 0.178 e. The minimum atomic E-state index is -1.47. The highest BCUT2D eigenvalue weighted by Gasteiger charge is 2.30. The van der Waals surface area contributed by atoms with E-state index in [-0.39, 0.29) is 11.3 Å². The monoisotopic (exact) mass is 426 g/mol. The first-order chi connectivity index (χ1) is 14.8. The second-order valence-corrected chi connectivity index (χ2v) is 8.58. The predicted molar refractivity (Wildman–Crippen MR) is 127 cm³/mol. The number of hydrogen-bond acceptors (Lipinski definition) is 4. The van der Waals surface area contributed by atoms with Crippen LogP contribution in [0.25, 0.3) is 6.08 Å². The summed E-state index contributed by atoms with van der Waals surface area (Å²) in [5.74, 6) is 0.911. The molecular formula is C27H38O4. The Morgan fingerprint density at radius 2 is 1.58 bits per heavy atom. The van der Waals surface area contributed by atoms with Crippen LogP contribution in [0.2, 0.25) is 0 Å². The third-order valence-corrected chi connectivity index (χ3v) is 6.34. The van der Waals surface area contributed by atoms with E-state index in [2.05, 4.69) is 39.0 Å². The molecule has 0 heterocycles. The van der Waals surface area contributed by atoms with E-state index >= 15 is 0 Å². The fourth-order valence-electron chi connectivity index (χ4n) is 3.73. The fraction of sp³-hybridized carbons (Fsp3) is 0.481. The van der Waals surface area contributed by atoms with Gasteiger partial charge in [-0.2, -0.15) is 0 Å². The van der Waals surface area contributed by atoms with E-state index in [1.807, 2.05) is 26.0 Å². The van der Waals surface area contributed by atoms with E-state index in [1.54, 1.807) is 24.3 Å². The molecule has 3 N–H and O–H groups in total. The Kier molecular flexibility index (Phi) is 9.30. The van der Waals surface area contributed by atoms with Crippen LogP contribution < -0.4 is 4.74 Å². The Morgan fingerprint density at radius 1 is 0.935 bits per heavy atom. The van der Waals surface area contributed by atoms with Crippen LogP contribution in [0.1, 0.15) is 76.0 Å². The Morgan fingerprint density at radius 3 is 2.10 bits per heavy atom. The van der Waals surface area contributed by atoms with Crippen molar-refractivity contribution in [3.63, 3.8) is 0 Å². The second kappa shape index (κ2) is 11.5. The molecule has 0 bridgehead atoms. The van der Waals surface area contributed by atoms with Crippen LogP contribution in [0.15, 0.2) is 48.5 Å². The van der Waals surface area contributed by atoms with E-state index < -0.39 is 12.4 Å². The lowest BCUT2D eigenvalue weighted by Crippen LogP contribution is -2.32. The third-order valence-electron chi connectivity index (χ3n) is 6.34. The van der Waals surface area contributed by atoms with Gasteiger partial charge in [0.2, 0.25) is 0 Å². The molecule has 0 aromatic heterocycles. The Labute approximate surface area is 187 Å². The van der Waals surface area contributed by atoms with Crippen LogP contribution in [0, 0.1) is 5.92 Å². The molecule has 0 fully saturated rings. The molecule has 4 nitrogen and oxygen atoms in total. The zero-order chi connectivity index (χ0) is 23.0. The van der Waals surface area contributed by atoms with Gasteiger partial charge in [-0.25, -0.2) is 0 Å². The Hall–Kier alpha value is -2.14. The molecule has 31 heavy (non-hydrogen) atoms. The highest BCUT2D eigenvalue weighted by atomic mass is 16.5. The molecular weight excluding hydrogens is 388 g/mol. The first-order valence-corrected chi connectivity index (χ1v) is 11.3. The van der Waals surface area contributed by atoms with Crippen LogP contribution in [-0.2, 0) is 11.8 Å². The van der Waals surface area contributed by atoms with Crippen molar-refractivity contribution in [3.05, 3.63) is 70.8 Å². The Balaban J connectivity index is 2.25. The first-order valence-electron chi connectivity index (χ1n) is 11.3. The van der Waals surface area contributed by atoms with E-state index in [4.69, 9.17) is 4.74 Å². The maximum atomic E-state index is 10.1. The summed E-state index contributed by atoms with van der Waals surface area (Å²) in [6.07, 6.45) is 4.80.